The number of allylic oxidation sites excluding steroid dienone is 2. The molecule has 0 bridgehead atoms. The lowest BCUT2D eigenvalue weighted by Crippen LogP contribution is -2.45. The van der Waals surface area contributed by atoms with Crippen LogP contribution in [0.15, 0.2) is 12.2 Å². The number of rotatable bonds is 61. The van der Waals surface area contributed by atoms with Gasteiger partial charge in [-0.25, -0.2) is 0 Å². The van der Waals surface area contributed by atoms with E-state index in [4.69, 9.17) is 4.74 Å². The minimum Gasteiger partial charge on any atom is -0.466 e. The van der Waals surface area contributed by atoms with Crippen molar-refractivity contribution in [1.29, 1.82) is 0 Å². The van der Waals surface area contributed by atoms with Gasteiger partial charge in [0, 0.05) is 12.8 Å². The Balaban J connectivity index is 3.43. The third kappa shape index (κ3) is 57.7. The molecule has 0 saturated heterocycles. The summed E-state index contributed by atoms with van der Waals surface area (Å²) in [6.07, 6.45) is 73.7. The van der Waals surface area contributed by atoms with Gasteiger partial charge in [0.1, 0.15) is 0 Å². The van der Waals surface area contributed by atoms with Crippen molar-refractivity contribution in [3.05, 3.63) is 12.2 Å². The van der Waals surface area contributed by atoms with Crippen LogP contribution >= 0.6 is 0 Å². The molecular formula is C65H127NO5. The quantitative estimate of drug-likeness (QED) is 0.0320. The molecule has 422 valence electrons. The van der Waals surface area contributed by atoms with E-state index < -0.39 is 12.1 Å². The van der Waals surface area contributed by atoms with E-state index in [0.29, 0.717) is 25.9 Å². The predicted octanol–water partition coefficient (Wildman–Crippen LogP) is 20.4. The van der Waals surface area contributed by atoms with E-state index in [9.17, 15) is 19.8 Å². The molecule has 2 atom stereocenters. The average molecular weight is 1000 g/mol. The predicted molar refractivity (Wildman–Crippen MR) is 310 cm³/mol. The van der Waals surface area contributed by atoms with Crippen LogP contribution in [0.3, 0.4) is 0 Å². The van der Waals surface area contributed by atoms with Gasteiger partial charge in [0.15, 0.2) is 0 Å². The Kier molecular flexibility index (Phi) is 59.9. The van der Waals surface area contributed by atoms with E-state index in [1.54, 1.807) is 0 Å². The summed E-state index contributed by atoms with van der Waals surface area (Å²) in [5, 5.41) is 23.4. The summed E-state index contributed by atoms with van der Waals surface area (Å²) in [4.78, 5) is 24.6. The summed E-state index contributed by atoms with van der Waals surface area (Å²) in [5.41, 5.74) is 0. The van der Waals surface area contributed by atoms with Crippen molar-refractivity contribution in [3.63, 3.8) is 0 Å². The fraction of sp³-hybridized carbons (Fsp3) is 0.938. The van der Waals surface area contributed by atoms with Crippen LogP contribution in [0.25, 0.3) is 0 Å². The molecule has 0 aromatic carbocycles. The molecule has 0 radical (unpaired) electrons. The molecule has 6 heteroatoms. The van der Waals surface area contributed by atoms with Gasteiger partial charge in [-0.2, -0.15) is 0 Å². The molecule has 1 amide bonds. The van der Waals surface area contributed by atoms with Crippen molar-refractivity contribution < 1.29 is 24.5 Å². The number of aliphatic hydroxyl groups is 2. The Morgan fingerprint density at radius 2 is 0.662 bits per heavy atom. The summed E-state index contributed by atoms with van der Waals surface area (Å²) < 4.78 is 5.49. The number of hydrogen-bond acceptors (Lipinski definition) is 5. The lowest BCUT2D eigenvalue weighted by molar-refractivity contribution is -0.143. The van der Waals surface area contributed by atoms with Crippen molar-refractivity contribution in [3.8, 4) is 0 Å². The van der Waals surface area contributed by atoms with Gasteiger partial charge >= 0.3 is 5.97 Å². The molecule has 2 unspecified atom stereocenters. The molecule has 0 aliphatic rings. The number of amides is 1. The number of hydrogen-bond donors (Lipinski definition) is 3. The van der Waals surface area contributed by atoms with Crippen LogP contribution in [0.2, 0.25) is 0 Å². The van der Waals surface area contributed by atoms with Gasteiger partial charge in [-0.1, -0.05) is 315 Å². The van der Waals surface area contributed by atoms with Gasteiger partial charge in [-0.05, 0) is 51.4 Å². The second kappa shape index (κ2) is 61.1. The van der Waals surface area contributed by atoms with Crippen molar-refractivity contribution in [1.82, 2.24) is 5.32 Å². The Hall–Kier alpha value is -1.40. The fourth-order valence-corrected chi connectivity index (χ4v) is 10.3. The van der Waals surface area contributed by atoms with Crippen LogP contribution < -0.4 is 5.32 Å². The first-order valence-electron chi connectivity index (χ1n) is 32.4. The first-order valence-corrected chi connectivity index (χ1v) is 32.4. The lowest BCUT2D eigenvalue weighted by Gasteiger charge is -2.22. The fourth-order valence-electron chi connectivity index (χ4n) is 10.3. The highest BCUT2D eigenvalue weighted by Gasteiger charge is 2.20. The van der Waals surface area contributed by atoms with Crippen LogP contribution in [0.4, 0.5) is 0 Å². The van der Waals surface area contributed by atoms with Crippen LogP contribution in [0.5, 0.6) is 0 Å². The first-order chi connectivity index (χ1) is 35.0. The molecule has 0 aliphatic heterocycles. The van der Waals surface area contributed by atoms with Gasteiger partial charge in [0.25, 0.3) is 0 Å². The topological polar surface area (TPSA) is 95.9 Å². The van der Waals surface area contributed by atoms with E-state index in [1.807, 2.05) is 0 Å². The highest BCUT2D eigenvalue weighted by Crippen LogP contribution is 2.18. The lowest BCUT2D eigenvalue weighted by atomic mass is 10.0. The van der Waals surface area contributed by atoms with Gasteiger partial charge in [0.05, 0.1) is 25.4 Å². The highest BCUT2D eigenvalue weighted by atomic mass is 16.5. The summed E-state index contributed by atoms with van der Waals surface area (Å²) in [6, 6.07) is -0.553. The van der Waals surface area contributed by atoms with Crippen LogP contribution in [0, 0.1) is 0 Å². The number of carbonyl (C=O) groups excluding carboxylic acids is 2. The summed E-state index contributed by atoms with van der Waals surface area (Å²) in [7, 11) is 0. The molecule has 0 saturated carbocycles. The first kappa shape index (κ1) is 69.6. The van der Waals surface area contributed by atoms with E-state index in [0.717, 1.165) is 70.6 Å². The zero-order valence-electron chi connectivity index (χ0n) is 48.2. The van der Waals surface area contributed by atoms with E-state index in [-0.39, 0.29) is 18.5 Å². The molecule has 71 heavy (non-hydrogen) atoms. The molecule has 0 aromatic heterocycles. The van der Waals surface area contributed by atoms with Crippen molar-refractivity contribution in [2.24, 2.45) is 0 Å². The molecule has 0 rings (SSSR count). The molecule has 3 N–H and O–H groups in total. The Morgan fingerprint density at radius 1 is 0.380 bits per heavy atom. The molecular weight excluding hydrogens is 875 g/mol. The van der Waals surface area contributed by atoms with Crippen molar-refractivity contribution in [2.75, 3.05) is 13.2 Å². The van der Waals surface area contributed by atoms with E-state index in [1.165, 1.54) is 263 Å². The van der Waals surface area contributed by atoms with E-state index >= 15 is 0 Å². The normalized spacial score (nSPS) is 12.6. The number of unbranched alkanes of at least 4 members (excludes halogenated alkanes) is 48. The van der Waals surface area contributed by atoms with Gasteiger partial charge in [-0.3, -0.25) is 9.59 Å². The number of esters is 1. The molecule has 6 nitrogen and oxygen atoms in total. The largest absolute Gasteiger partial charge is 0.466 e. The molecule has 0 heterocycles. The number of nitrogens with one attached hydrogen (secondary N) is 1. The third-order valence-electron chi connectivity index (χ3n) is 15.3. The highest BCUT2D eigenvalue weighted by molar-refractivity contribution is 5.76. The maximum Gasteiger partial charge on any atom is 0.305 e. The number of carbonyl (C=O) groups is 2. The molecule has 0 aromatic rings. The van der Waals surface area contributed by atoms with Crippen LogP contribution in [-0.2, 0) is 14.3 Å². The maximum absolute atomic E-state index is 12.5. The summed E-state index contributed by atoms with van der Waals surface area (Å²) in [5.74, 6) is -0.0501. The minimum absolute atomic E-state index is 0.00406. The van der Waals surface area contributed by atoms with Crippen molar-refractivity contribution in [2.45, 2.75) is 379 Å². The van der Waals surface area contributed by atoms with Gasteiger partial charge in [0.2, 0.25) is 5.91 Å². The Labute approximate surface area is 444 Å². The van der Waals surface area contributed by atoms with Crippen LogP contribution in [-0.4, -0.2) is 47.4 Å². The second-order valence-corrected chi connectivity index (χ2v) is 22.5. The summed E-state index contributed by atoms with van der Waals surface area (Å²) >= 11 is 0. The minimum atomic E-state index is -0.674. The monoisotopic (exact) mass is 1000 g/mol. The van der Waals surface area contributed by atoms with Crippen LogP contribution in [0.1, 0.15) is 367 Å². The summed E-state index contributed by atoms with van der Waals surface area (Å²) in [6.45, 7) is 4.96. The molecule has 0 aliphatic carbocycles. The third-order valence-corrected chi connectivity index (χ3v) is 15.3. The second-order valence-electron chi connectivity index (χ2n) is 22.5. The zero-order chi connectivity index (χ0) is 51.4. The zero-order valence-corrected chi connectivity index (χ0v) is 48.2. The SMILES string of the molecule is CCCCCCCCCCCCCCCCCCCCCCC(O)C(CO)NC(=O)CCCCCCCCC/C=C\CCCCCCOC(=O)CCCCCCCCCCCCCCCCCCCCC. The molecule has 0 fully saturated rings. The van der Waals surface area contributed by atoms with Gasteiger partial charge in [-0.15, -0.1) is 0 Å². The number of ether oxygens (including phenoxy) is 1. The van der Waals surface area contributed by atoms with Crippen molar-refractivity contribution >= 4 is 11.9 Å². The Morgan fingerprint density at radius 3 is 1.00 bits per heavy atom. The van der Waals surface area contributed by atoms with Gasteiger partial charge < -0.3 is 20.3 Å². The smallest absolute Gasteiger partial charge is 0.305 e. The Bertz CT molecular complexity index is 1060. The molecule has 0 spiro atoms. The maximum atomic E-state index is 12.5. The number of aliphatic hydroxyl groups excluding tert-OH is 2. The average Bonchev–Trinajstić information content (AvgIpc) is 3.37. The van der Waals surface area contributed by atoms with E-state index in [2.05, 4.69) is 31.3 Å². The standard InChI is InChI=1S/C65H127NO5/c1-3-5-7-9-11-13-15-17-19-21-23-25-26-29-33-37-41-45-49-53-57-63(68)62(61-67)66-64(69)58-54-50-46-42-38-34-30-28-32-36-40-44-48-52-56-60-71-65(70)59-55-51-47-43-39-35-31-27-24-22-20-18-16-14-12-10-8-6-4-2/h32,36,62-63,67-68H,3-31,33-35,37-61H2,1-2H3,(H,66,69)/b36-32-.